The van der Waals surface area contributed by atoms with E-state index < -0.39 is 0 Å². The molecule has 104 valence electrons. The predicted octanol–water partition coefficient (Wildman–Crippen LogP) is 3.23. The first-order valence-electron chi connectivity index (χ1n) is 7.35. The third-order valence-electron chi connectivity index (χ3n) is 4.18. The summed E-state index contributed by atoms with van der Waals surface area (Å²) < 4.78 is 0. The molecule has 3 rings (SSSR count). The Bertz CT molecular complexity index is 601. The molecule has 1 N–H and O–H groups in total. The van der Waals surface area contributed by atoms with E-state index >= 15 is 0 Å². The highest BCUT2D eigenvalue weighted by Crippen LogP contribution is 2.25. The number of rotatable bonds is 2. The fourth-order valence-corrected chi connectivity index (χ4v) is 2.71. The quantitative estimate of drug-likeness (QED) is 0.907. The van der Waals surface area contributed by atoms with Gasteiger partial charge in [0.1, 0.15) is 5.82 Å². The second kappa shape index (κ2) is 5.71. The minimum atomic E-state index is 0.503. The van der Waals surface area contributed by atoms with E-state index in [-0.39, 0.29) is 0 Å². The summed E-state index contributed by atoms with van der Waals surface area (Å²) in [7, 11) is 0. The molecule has 0 bridgehead atoms. The number of piperidine rings is 1. The van der Waals surface area contributed by atoms with Crippen LogP contribution in [-0.2, 0) is 0 Å². The summed E-state index contributed by atoms with van der Waals surface area (Å²) in [5.41, 5.74) is 4.85. The molecule has 1 fully saturated rings. The van der Waals surface area contributed by atoms with Crippen molar-refractivity contribution in [3.63, 3.8) is 0 Å². The Hall–Kier alpha value is -1.74. The van der Waals surface area contributed by atoms with Crippen LogP contribution in [0.25, 0.3) is 11.3 Å². The van der Waals surface area contributed by atoms with Crippen LogP contribution in [0.15, 0.2) is 30.5 Å². The topological polar surface area (TPSA) is 37.8 Å². The molecule has 0 radical (unpaired) electrons. The van der Waals surface area contributed by atoms with E-state index in [1.807, 2.05) is 12.3 Å². The van der Waals surface area contributed by atoms with Gasteiger partial charge in [-0.25, -0.2) is 9.97 Å². The summed E-state index contributed by atoms with van der Waals surface area (Å²) >= 11 is 0. The molecule has 0 saturated carbocycles. The zero-order valence-corrected chi connectivity index (χ0v) is 12.2. The highest BCUT2D eigenvalue weighted by atomic mass is 14.9. The van der Waals surface area contributed by atoms with Gasteiger partial charge >= 0.3 is 0 Å². The van der Waals surface area contributed by atoms with Crippen LogP contribution < -0.4 is 5.32 Å². The summed E-state index contributed by atoms with van der Waals surface area (Å²) in [5.74, 6) is 1.50. The van der Waals surface area contributed by atoms with Gasteiger partial charge in [0, 0.05) is 17.7 Å². The SMILES string of the molecule is Cc1ccc(-c2ccnc(C3CCNCC3)n2)cc1C. The zero-order chi connectivity index (χ0) is 13.9. The van der Waals surface area contributed by atoms with Crippen molar-refractivity contribution in [3.8, 4) is 11.3 Å². The minimum Gasteiger partial charge on any atom is -0.317 e. The molecule has 0 aliphatic carbocycles. The maximum Gasteiger partial charge on any atom is 0.132 e. The molecule has 3 heteroatoms. The largest absolute Gasteiger partial charge is 0.317 e. The van der Waals surface area contributed by atoms with E-state index in [1.165, 1.54) is 16.7 Å². The Labute approximate surface area is 120 Å². The minimum absolute atomic E-state index is 0.503. The van der Waals surface area contributed by atoms with Crippen molar-refractivity contribution in [2.45, 2.75) is 32.6 Å². The Morgan fingerprint density at radius 3 is 2.60 bits per heavy atom. The fourth-order valence-electron chi connectivity index (χ4n) is 2.71. The van der Waals surface area contributed by atoms with E-state index in [1.54, 1.807) is 0 Å². The number of hydrogen-bond acceptors (Lipinski definition) is 3. The van der Waals surface area contributed by atoms with Crippen molar-refractivity contribution in [2.24, 2.45) is 0 Å². The average Bonchev–Trinajstić information content (AvgIpc) is 2.51. The van der Waals surface area contributed by atoms with Crippen molar-refractivity contribution >= 4 is 0 Å². The summed E-state index contributed by atoms with van der Waals surface area (Å²) in [6.45, 7) is 6.43. The maximum atomic E-state index is 4.80. The van der Waals surface area contributed by atoms with Gasteiger partial charge in [-0.1, -0.05) is 12.1 Å². The predicted molar refractivity (Wildman–Crippen MR) is 81.8 cm³/mol. The summed E-state index contributed by atoms with van der Waals surface area (Å²) in [4.78, 5) is 9.29. The molecule has 3 nitrogen and oxygen atoms in total. The van der Waals surface area contributed by atoms with Crippen LogP contribution >= 0.6 is 0 Å². The molecular formula is C17H21N3. The summed E-state index contributed by atoms with van der Waals surface area (Å²) in [6.07, 6.45) is 4.17. The van der Waals surface area contributed by atoms with Gasteiger partial charge in [-0.15, -0.1) is 0 Å². The van der Waals surface area contributed by atoms with E-state index in [0.717, 1.165) is 37.4 Å². The lowest BCUT2D eigenvalue weighted by atomic mass is 9.97. The number of benzene rings is 1. The van der Waals surface area contributed by atoms with Crippen LogP contribution in [0.2, 0.25) is 0 Å². The second-order valence-electron chi connectivity index (χ2n) is 5.62. The maximum absolute atomic E-state index is 4.80. The first-order valence-corrected chi connectivity index (χ1v) is 7.35. The molecule has 1 aliphatic heterocycles. The zero-order valence-electron chi connectivity index (χ0n) is 12.2. The Balaban J connectivity index is 1.91. The molecule has 20 heavy (non-hydrogen) atoms. The van der Waals surface area contributed by atoms with Gasteiger partial charge in [0.05, 0.1) is 5.69 Å². The van der Waals surface area contributed by atoms with Gasteiger partial charge in [0.25, 0.3) is 0 Å². The Kier molecular flexibility index (Phi) is 3.79. The molecule has 1 saturated heterocycles. The van der Waals surface area contributed by atoms with Crippen molar-refractivity contribution in [2.75, 3.05) is 13.1 Å². The van der Waals surface area contributed by atoms with Crippen LogP contribution in [0.5, 0.6) is 0 Å². The van der Waals surface area contributed by atoms with Gasteiger partial charge in [-0.3, -0.25) is 0 Å². The second-order valence-corrected chi connectivity index (χ2v) is 5.62. The highest BCUT2D eigenvalue weighted by molar-refractivity contribution is 5.60. The number of aromatic nitrogens is 2. The third-order valence-corrected chi connectivity index (χ3v) is 4.18. The van der Waals surface area contributed by atoms with Crippen molar-refractivity contribution in [1.82, 2.24) is 15.3 Å². The average molecular weight is 267 g/mol. The number of nitrogens with one attached hydrogen (secondary N) is 1. The number of aryl methyl sites for hydroxylation is 2. The third kappa shape index (κ3) is 2.73. The van der Waals surface area contributed by atoms with Crippen LogP contribution in [-0.4, -0.2) is 23.1 Å². The first kappa shape index (κ1) is 13.3. The molecule has 0 spiro atoms. The van der Waals surface area contributed by atoms with E-state index in [2.05, 4.69) is 42.3 Å². The standard InChI is InChI=1S/C17H21N3/c1-12-3-4-15(11-13(12)2)16-7-10-19-17(20-16)14-5-8-18-9-6-14/h3-4,7,10-11,14,18H,5-6,8-9H2,1-2H3. The van der Waals surface area contributed by atoms with Crippen LogP contribution in [0, 0.1) is 13.8 Å². The van der Waals surface area contributed by atoms with Crippen molar-refractivity contribution in [1.29, 1.82) is 0 Å². The van der Waals surface area contributed by atoms with Crippen molar-refractivity contribution in [3.05, 3.63) is 47.4 Å². The van der Waals surface area contributed by atoms with Gasteiger partial charge in [0.2, 0.25) is 0 Å². The number of hydrogen-bond donors (Lipinski definition) is 1. The summed E-state index contributed by atoms with van der Waals surface area (Å²) in [5, 5.41) is 3.39. The van der Waals surface area contributed by atoms with Gasteiger partial charge in [0.15, 0.2) is 0 Å². The Morgan fingerprint density at radius 2 is 1.85 bits per heavy atom. The number of nitrogens with zero attached hydrogens (tertiary/aromatic N) is 2. The fraction of sp³-hybridized carbons (Fsp3) is 0.412. The molecule has 2 heterocycles. The molecule has 1 aromatic heterocycles. The lowest BCUT2D eigenvalue weighted by Gasteiger charge is -2.21. The molecule has 0 unspecified atom stereocenters. The molecule has 1 aliphatic rings. The molecule has 2 aromatic rings. The van der Waals surface area contributed by atoms with Crippen LogP contribution in [0.1, 0.15) is 35.7 Å². The van der Waals surface area contributed by atoms with Crippen LogP contribution in [0.3, 0.4) is 0 Å². The van der Waals surface area contributed by atoms with Gasteiger partial charge in [-0.2, -0.15) is 0 Å². The highest BCUT2D eigenvalue weighted by Gasteiger charge is 2.18. The van der Waals surface area contributed by atoms with Gasteiger partial charge < -0.3 is 5.32 Å². The Morgan fingerprint density at radius 1 is 1.05 bits per heavy atom. The monoisotopic (exact) mass is 267 g/mol. The van der Waals surface area contributed by atoms with E-state index in [0.29, 0.717) is 5.92 Å². The molecular weight excluding hydrogens is 246 g/mol. The lowest BCUT2D eigenvalue weighted by molar-refractivity contribution is 0.445. The van der Waals surface area contributed by atoms with E-state index in [4.69, 9.17) is 4.98 Å². The normalized spacial score (nSPS) is 16.3. The lowest BCUT2D eigenvalue weighted by Crippen LogP contribution is -2.27. The summed E-state index contributed by atoms with van der Waals surface area (Å²) in [6, 6.07) is 8.53. The molecule has 0 amide bonds. The van der Waals surface area contributed by atoms with Crippen molar-refractivity contribution < 1.29 is 0 Å². The van der Waals surface area contributed by atoms with Gasteiger partial charge in [-0.05, 0) is 63.0 Å². The molecule has 1 aromatic carbocycles. The molecule has 0 atom stereocenters. The van der Waals surface area contributed by atoms with Crippen LogP contribution in [0.4, 0.5) is 0 Å². The van der Waals surface area contributed by atoms with E-state index in [9.17, 15) is 0 Å². The smallest absolute Gasteiger partial charge is 0.132 e. The first-order chi connectivity index (χ1) is 9.74.